The molecule has 94 valence electrons. The number of ketones is 1. The largest absolute Gasteiger partial charge is 0.293 e. The smallest absolute Gasteiger partial charge is 0.177 e. The van der Waals surface area contributed by atoms with Crippen LogP contribution in [0.5, 0.6) is 0 Å². The molecule has 0 aromatic heterocycles. The van der Waals surface area contributed by atoms with E-state index in [1.54, 1.807) is 12.1 Å². The summed E-state index contributed by atoms with van der Waals surface area (Å²) in [5.74, 6) is -0.782. The van der Waals surface area contributed by atoms with Crippen LogP contribution < -0.4 is 0 Å². The molecule has 0 N–H and O–H groups in total. The van der Waals surface area contributed by atoms with Crippen LogP contribution in [-0.2, 0) is 15.3 Å². The molecule has 0 heterocycles. The minimum absolute atomic E-state index is 0.0262. The average molecular weight is 254 g/mol. The molecular weight excluding hydrogens is 236 g/mol. The van der Waals surface area contributed by atoms with Gasteiger partial charge in [-0.2, -0.15) is 0 Å². The molecule has 1 aromatic carbocycles. The van der Waals surface area contributed by atoms with E-state index in [4.69, 9.17) is 0 Å². The number of sulfone groups is 1. The SMILES string of the molecule is CC(C)(C)c1ccc(C(=O)CS(C)(=O)=O)cc1. The summed E-state index contributed by atoms with van der Waals surface area (Å²) in [4.78, 5) is 11.6. The lowest BCUT2D eigenvalue weighted by molar-refractivity contribution is 0.102. The van der Waals surface area contributed by atoms with Crippen molar-refractivity contribution in [3.63, 3.8) is 0 Å². The van der Waals surface area contributed by atoms with Gasteiger partial charge in [-0.3, -0.25) is 4.79 Å². The maximum absolute atomic E-state index is 11.6. The Morgan fingerprint density at radius 1 is 1.12 bits per heavy atom. The normalized spacial score (nSPS) is 12.5. The van der Waals surface area contributed by atoms with E-state index in [0.29, 0.717) is 5.56 Å². The van der Waals surface area contributed by atoms with Gasteiger partial charge in [0.05, 0.1) is 0 Å². The van der Waals surface area contributed by atoms with Crippen LogP contribution in [0.1, 0.15) is 36.7 Å². The van der Waals surface area contributed by atoms with Crippen molar-refractivity contribution in [1.82, 2.24) is 0 Å². The van der Waals surface area contributed by atoms with E-state index >= 15 is 0 Å². The van der Waals surface area contributed by atoms with Crippen molar-refractivity contribution in [2.24, 2.45) is 0 Å². The van der Waals surface area contributed by atoms with Gasteiger partial charge in [0, 0.05) is 11.8 Å². The van der Waals surface area contributed by atoms with E-state index in [-0.39, 0.29) is 11.2 Å². The van der Waals surface area contributed by atoms with Gasteiger partial charge in [0.25, 0.3) is 0 Å². The zero-order valence-electron chi connectivity index (χ0n) is 10.6. The minimum Gasteiger partial charge on any atom is -0.293 e. The topological polar surface area (TPSA) is 51.2 Å². The van der Waals surface area contributed by atoms with Crippen LogP contribution in [0.3, 0.4) is 0 Å². The van der Waals surface area contributed by atoms with E-state index in [1.807, 2.05) is 12.1 Å². The van der Waals surface area contributed by atoms with Gasteiger partial charge in [-0.25, -0.2) is 8.42 Å². The summed E-state index contributed by atoms with van der Waals surface area (Å²) in [6.45, 7) is 6.25. The van der Waals surface area contributed by atoms with Gasteiger partial charge in [-0.1, -0.05) is 45.0 Å². The first-order valence-electron chi connectivity index (χ1n) is 5.41. The summed E-state index contributed by atoms with van der Waals surface area (Å²) in [7, 11) is -3.26. The molecule has 1 rings (SSSR count). The third-order valence-electron chi connectivity index (χ3n) is 2.47. The van der Waals surface area contributed by atoms with E-state index in [9.17, 15) is 13.2 Å². The number of carbonyl (C=O) groups excluding carboxylic acids is 1. The Hall–Kier alpha value is -1.16. The molecule has 0 radical (unpaired) electrons. The van der Waals surface area contributed by atoms with E-state index < -0.39 is 15.6 Å². The van der Waals surface area contributed by atoms with Crippen LogP contribution in [0.15, 0.2) is 24.3 Å². The second-order valence-electron chi connectivity index (χ2n) is 5.32. The second kappa shape index (κ2) is 4.61. The summed E-state index contributed by atoms with van der Waals surface area (Å²) >= 11 is 0. The highest BCUT2D eigenvalue weighted by Gasteiger charge is 2.16. The number of hydrogen-bond acceptors (Lipinski definition) is 3. The lowest BCUT2D eigenvalue weighted by Gasteiger charge is -2.18. The first-order valence-corrected chi connectivity index (χ1v) is 7.47. The molecule has 0 aliphatic carbocycles. The Kier molecular flexibility index (Phi) is 3.77. The Labute approximate surface area is 103 Å². The standard InChI is InChI=1S/C13H18O3S/c1-13(2,3)11-7-5-10(6-8-11)12(14)9-17(4,15)16/h5-8H,9H2,1-4H3. The van der Waals surface area contributed by atoms with Crippen LogP contribution in [0.25, 0.3) is 0 Å². The van der Waals surface area contributed by atoms with Gasteiger partial charge >= 0.3 is 0 Å². The maximum atomic E-state index is 11.6. The number of rotatable bonds is 3. The van der Waals surface area contributed by atoms with Crippen molar-refractivity contribution in [2.45, 2.75) is 26.2 Å². The average Bonchev–Trinajstić information content (AvgIpc) is 2.14. The van der Waals surface area contributed by atoms with Crippen molar-refractivity contribution < 1.29 is 13.2 Å². The van der Waals surface area contributed by atoms with Crippen LogP contribution in [0.2, 0.25) is 0 Å². The van der Waals surface area contributed by atoms with Crippen LogP contribution in [-0.4, -0.2) is 26.2 Å². The summed E-state index contributed by atoms with van der Waals surface area (Å²) in [6, 6.07) is 7.12. The molecule has 0 aliphatic rings. The lowest BCUT2D eigenvalue weighted by Crippen LogP contribution is -2.15. The van der Waals surface area contributed by atoms with Crippen molar-refractivity contribution in [1.29, 1.82) is 0 Å². The predicted octanol–water partition coefficient (Wildman–Crippen LogP) is 2.21. The third kappa shape index (κ3) is 4.30. The molecule has 3 nitrogen and oxygen atoms in total. The molecule has 0 spiro atoms. The summed E-state index contributed by atoms with van der Waals surface area (Å²) in [5.41, 5.74) is 1.59. The summed E-state index contributed by atoms with van der Waals surface area (Å²) < 4.78 is 22.0. The lowest BCUT2D eigenvalue weighted by atomic mass is 9.86. The Balaban J connectivity index is 2.93. The Bertz CT molecular complexity index is 505. The fraction of sp³-hybridized carbons (Fsp3) is 0.462. The van der Waals surface area contributed by atoms with Crippen LogP contribution in [0.4, 0.5) is 0 Å². The second-order valence-corrected chi connectivity index (χ2v) is 7.46. The van der Waals surface area contributed by atoms with Gasteiger partial charge in [0.1, 0.15) is 5.75 Å². The monoisotopic (exact) mass is 254 g/mol. The van der Waals surface area contributed by atoms with Crippen LogP contribution in [0, 0.1) is 0 Å². The third-order valence-corrected chi connectivity index (χ3v) is 3.25. The predicted molar refractivity (Wildman–Crippen MR) is 69.2 cm³/mol. The highest BCUT2D eigenvalue weighted by molar-refractivity contribution is 7.91. The minimum atomic E-state index is -3.26. The highest BCUT2D eigenvalue weighted by atomic mass is 32.2. The van der Waals surface area contributed by atoms with Crippen molar-refractivity contribution in [3.05, 3.63) is 35.4 Å². The van der Waals surface area contributed by atoms with Crippen LogP contribution >= 0.6 is 0 Å². The molecule has 0 saturated heterocycles. The zero-order valence-corrected chi connectivity index (χ0v) is 11.5. The van der Waals surface area contributed by atoms with E-state index in [0.717, 1.165) is 11.8 Å². The van der Waals surface area contributed by atoms with Crippen molar-refractivity contribution >= 4 is 15.6 Å². The summed E-state index contributed by atoms with van der Waals surface area (Å²) in [5, 5.41) is 0. The molecule has 0 saturated carbocycles. The van der Waals surface area contributed by atoms with Crippen molar-refractivity contribution in [3.8, 4) is 0 Å². The van der Waals surface area contributed by atoms with E-state index in [1.165, 1.54) is 0 Å². The van der Waals surface area contributed by atoms with Gasteiger partial charge < -0.3 is 0 Å². The number of carbonyl (C=O) groups is 1. The molecule has 0 aliphatic heterocycles. The van der Waals surface area contributed by atoms with Gasteiger partial charge in [-0.05, 0) is 11.0 Å². The highest BCUT2D eigenvalue weighted by Crippen LogP contribution is 2.22. The quantitative estimate of drug-likeness (QED) is 0.777. The Morgan fingerprint density at radius 3 is 1.94 bits per heavy atom. The number of hydrogen-bond donors (Lipinski definition) is 0. The Morgan fingerprint density at radius 2 is 1.59 bits per heavy atom. The molecule has 0 atom stereocenters. The molecule has 0 bridgehead atoms. The van der Waals surface area contributed by atoms with Gasteiger partial charge in [0.2, 0.25) is 0 Å². The number of Topliss-reactive ketones (excluding diaryl/α,β-unsaturated/α-hetero) is 1. The maximum Gasteiger partial charge on any atom is 0.177 e. The first-order chi connectivity index (χ1) is 7.59. The van der Waals surface area contributed by atoms with Crippen molar-refractivity contribution in [2.75, 3.05) is 12.0 Å². The zero-order chi connectivity index (χ0) is 13.3. The molecule has 1 aromatic rings. The number of benzene rings is 1. The van der Waals surface area contributed by atoms with E-state index in [2.05, 4.69) is 20.8 Å². The van der Waals surface area contributed by atoms with Gasteiger partial charge in [0.15, 0.2) is 15.6 Å². The molecule has 0 fully saturated rings. The molecule has 0 unspecified atom stereocenters. The molecule has 4 heteroatoms. The molecule has 0 amide bonds. The first kappa shape index (κ1) is 13.9. The van der Waals surface area contributed by atoms with Gasteiger partial charge in [-0.15, -0.1) is 0 Å². The fourth-order valence-corrected chi connectivity index (χ4v) is 2.12. The summed E-state index contributed by atoms with van der Waals surface area (Å²) in [6.07, 6.45) is 1.06. The molecule has 17 heavy (non-hydrogen) atoms. The molecular formula is C13H18O3S. The fourth-order valence-electron chi connectivity index (χ4n) is 1.48.